The molecular formula is C16H16ClNO5. The summed E-state index contributed by atoms with van der Waals surface area (Å²) in [6.45, 7) is 3.07. The molecule has 2 rings (SSSR count). The lowest BCUT2D eigenvalue weighted by atomic mass is 10.3. The predicted octanol–water partition coefficient (Wildman–Crippen LogP) is 4.10. The van der Waals surface area contributed by atoms with Crippen LogP contribution in [0.2, 0.25) is 5.02 Å². The largest absolute Gasteiger partial charge is 0.494 e. The number of hydrogen-bond acceptors (Lipinski definition) is 5. The average molecular weight is 338 g/mol. The molecule has 0 atom stereocenters. The quantitative estimate of drug-likeness (QED) is 0.412. The number of benzene rings is 2. The third kappa shape index (κ3) is 5.03. The van der Waals surface area contributed by atoms with Gasteiger partial charge in [-0.25, -0.2) is 0 Å². The molecule has 7 heteroatoms. The van der Waals surface area contributed by atoms with Gasteiger partial charge in [0.05, 0.1) is 16.6 Å². The molecule has 0 bridgehead atoms. The maximum atomic E-state index is 10.6. The van der Waals surface area contributed by atoms with Crippen LogP contribution >= 0.6 is 11.6 Å². The zero-order valence-electron chi connectivity index (χ0n) is 12.5. The van der Waals surface area contributed by atoms with Crippen LogP contribution in [-0.2, 0) is 0 Å². The van der Waals surface area contributed by atoms with E-state index >= 15 is 0 Å². The van der Waals surface area contributed by atoms with Crippen molar-refractivity contribution < 1.29 is 19.1 Å². The lowest BCUT2D eigenvalue weighted by Gasteiger charge is -2.10. The van der Waals surface area contributed by atoms with E-state index in [1.165, 1.54) is 18.2 Å². The SMILES string of the molecule is CCOc1cccc(OCCOc2ccc([N+](=O)[O-])cc2Cl)c1. The Balaban J connectivity index is 1.83. The Morgan fingerprint density at radius 3 is 2.39 bits per heavy atom. The molecule has 2 aromatic carbocycles. The summed E-state index contributed by atoms with van der Waals surface area (Å²) in [7, 11) is 0. The molecule has 0 unspecified atom stereocenters. The fourth-order valence-corrected chi connectivity index (χ4v) is 2.08. The summed E-state index contributed by atoms with van der Waals surface area (Å²) in [6, 6.07) is 11.4. The number of rotatable bonds is 8. The van der Waals surface area contributed by atoms with Crippen LogP contribution in [0.25, 0.3) is 0 Å². The van der Waals surface area contributed by atoms with Crippen LogP contribution in [0.15, 0.2) is 42.5 Å². The maximum Gasteiger partial charge on any atom is 0.271 e. The van der Waals surface area contributed by atoms with Crippen molar-refractivity contribution >= 4 is 17.3 Å². The van der Waals surface area contributed by atoms with Crippen molar-refractivity contribution in [2.45, 2.75) is 6.92 Å². The molecule has 0 radical (unpaired) electrons. The van der Waals surface area contributed by atoms with Crippen molar-refractivity contribution in [3.63, 3.8) is 0 Å². The van der Waals surface area contributed by atoms with Gasteiger partial charge in [-0.05, 0) is 25.1 Å². The van der Waals surface area contributed by atoms with Gasteiger partial charge in [0, 0.05) is 18.2 Å². The molecule has 0 aliphatic rings. The molecule has 0 saturated carbocycles. The average Bonchev–Trinajstić information content (AvgIpc) is 2.53. The minimum Gasteiger partial charge on any atom is -0.494 e. The van der Waals surface area contributed by atoms with Crippen molar-refractivity contribution in [2.24, 2.45) is 0 Å². The molecule has 122 valence electrons. The van der Waals surface area contributed by atoms with E-state index < -0.39 is 4.92 Å². The molecule has 0 aromatic heterocycles. The van der Waals surface area contributed by atoms with Gasteiger partial charge in [-0.2, -0.15) is 0 Å². The standard InChI is InChI=1S/C16H16ClNO5/c1-2-21-13-4-3-5-14(11-13)22-8-9-23-16-7-6-12(18(19)20)10-15(16)17/h3-7,10-11H,2,8-9H2,1H3. The Labute approximate surface area is 138 Å². The molecule has 0 N–H and O–H groups in total. The third-order valence-corrected chi connectivity index (χ3v) is 3.15. The molecule has 0 heterocycles. The van der Waals surface area contributed by atoms with E-state index in [1.54, 1.807) is 6.07 Å². The molecule has 0 aliphatic heterocycles. The summed E-state index contributed by atoms with van der Waals surface area (Å²) in [5.41, 5.74) is -0.0775. The normalized spacial score (nSPS) is 10.2. The maximum absolute atomic E-state index is 10.6. The van der Waals surface area contributed by atoms with E-state index in [2.05, 4.69) is 0 Å². The highest BCUT2D eigenvalue weighted by Crippen LogP contribution is 2.28. The van der Waals surface area contributed by atoms with Crippen LogP contribution in [0.1, 0.15) is 6.92 Å². The second kappa shape index (κ2) is 8.24. The van der Waals surface area contributed by atoms with Crippen molar-refractivity contribution in [1.29, 1.82) is 0 Å². The minimum atomic E-state index is -0.510. The van der Waals surface area contributed by atoms with Gasteiger partial charge in [-0.3, -0.25) is 10.1 Å². The van der Waals surface area contributed by atoms with E-state index in [-0.39, 0.29) is 17.3 Å². The van der Waals surface area contributed by atoms with E-state index in [9.17, 15) is 10.1 Å². The topological polar surface area (TPSA) is 70.8 Å². The second-order valence-electron chi connectivity index (χ2n) is 4.48. The highest BCUT2D eigenvalue weighted by molar-refractivity contribution is 6.32. The molecule has 6 nitrogen and oxygen atoms in total. The van der Waals surface area contributed by atoms with Gasteiger partial charge in [0.1, 0.15) is 30.5 Å². The molecular weight excluding hydrogens is 322 g/mol. The number of halogens is 1. The van der Waals surface area contributed by atoms with Crippen LogP contribution in [0.4, 0.5) is 5.69 Å². The highest BCUT2D eigenvalue weighted by atomic mass is 35.5. The lowest BCUT2D eigenvalue weighted by molar-refractivity contribution is -0.384. The molecule has 2 aromatic rings. The van der Waals surface area contributed by atoms with Crippen LogP contribution in [-0.4, -0.2) is 24.7 Å². The Kier molecular flexibility index (Phi) is 6.05. The van der Waals surface area contributed by atoms with E-state index in [4.69, 9.17) is 25.8 Å². The van der Waals surface area contributed by atoms with Gasteiger partial charge in [-0.1, -0.05) is 17.7 Å². The highest BCUT2D eigenvalue weighted by Gasteiger charge is 2.10. The summed E-state index contributed by atoms with van der Waals surface area (Å²) in [4.78, 5) is 10.1. The van der Waals surface area contributed by atoms with Gasteiger partial charge in [0.15, 0.2) is 0 Å². The van der Waals surface area contributed by atoms with Gasteiger partial charge in [-0.15, -0.1) is 0 Å². The lowest BCUT2D eigenvalue weighted by Crippen LogP contribution is -2.09. The number of nitrogens with zero attached hydrogens (tertiary/aromatic N) is 1. The number of hydrogen-bond donors (Lipinski definition) is 0. The van der Waals surface area contributed by atoms with Gasteiger partial charge < -0.3 is 14.2 Å². The molecule has 23 heavy (non-hydrogen) atoms. The predicted molar refractivity (Wildman–Crippen MR) is 86.7 cm³/mol. The minimum absolute atomic E-state index is 0.0775. The first-order valence-electron chi connectivity index (χ1n) is 7.02. The van der Waals surface area contributed by atoms with Crippen molar-refractivity contribution in [3.05, 3.63) is 57.6 Å². The summed E-state index contributed by atoms with van der Waals surface area (Å²) < 4.78 is 16.4. The molecule has 0 amide bonds. The summed E-state index contributed by atoms with van der Waals surface area (Å²) >= 11 is 5.94. The first-order chi connectivity index (χ1) is 11.1. The Hall–Kier alpha value is -2.47. The summed E-state index contributed by atoms with van der Waals surface area (Å²) in [6.07, 6.45) is 0. The number of ether oxygens (including phenoxy) is 3. The van der Waals surface area contributed by atoms with Crippen LogP contribution in [0, 0.1) is 10.1 Å². The van der Waals surface area contributed by atoms with E-state index in [0.29, 0.717) is 24.7 Å². The Morgan fingerprint density at radius 1 is 1.04 bits per heavy atom. The zero-order valence-corrected chi connectivity index (χ0v) is 13.3. The summed E-state index contributed by atoms with van der Waals surface area (Å²) in [5.74, 6) is 1.79. The van der Waals surface area contributed by atoms with Gasteiger partial charge in [0.2, 0.25) is 0 Å². The molecule has 0 fully saturated rings. The van der Waals surface area contributed by atoms with Crippen molar-refractivity contribution in [2.75, 3.05) is 19.8 Å². The monoisotopic (exact) mass is 337 g/mol. The fourth-order valence-electron chi connectivity index (χ4n) is 1.85. The number of nitro groups is 1. The zero-order chi connectivity index (χ0) is 16.7. The first kappa shape index (κ1) is 16.9. The van der Waals surface area contributed by atoms with Gasteiger partial charge in [0.25, 0.3) is 5.69 Å². The van der Waals surface area contributed by atoms with Crippen molar-refractivity contribution in [1.82, 2.24) is 0 Å². The summed E-state index contributed by atoms with van der Waals surface area (Å²) in [5, 5.41) is 10.8. The number of non-ortho nitro benzene ring substituents is 1. The molecule has 0 aliphatic carbocycles. The van der Waals surface area contributed by atoms with Gasteiger partial charge >= 0.3 is 0 Å². The Bertz CT molecular complexity index is 677. The third-order valence-electron chi connectivity index (χ3n) is 2.85. The molecule has 0 spiro atoms. The fraction of sp³-hybridized carbons (Fsp3) is 0.250. The number of nitro benzene ring substituents is 1. The van der Waals surface area contributed by atoms with Crippen LogP contribution < -0.4 is 14.2 Å². The van der Waals surface area contributed by atoms with Crippen molar-refractivity contribution in [3.8, 4) is 17.2 Å². The van der Waals surface area contributed by atoms with Crippen LogP contribution in [0.3, 0.4) is 0 Å². The van der Waals surface area contributed by atoms with Crippen LogP contribution in [0.5, 0.6) is 17.2 Å². The molecule has 0 saturated heterocycles. The Morgan fingerprint density at radius 2 is 1.74 bits per heavy atom. The second-order valence-corrected chi connectivity index (χ2v) is 4.88. The smallest absolute Gasteiger partial charge is 0.271 e. The van der Waals surface area contributed by atoms with E-state index in [0.717, 1.165) is 5.75 Å². The van der Waals surface area contributed by atoms with E-state index in [1.807, 2.05) is 25.1 Å². The first-order valence-corrected chi connectivity index (χ1v) is 7.40.